The summed E-state index contributed by atoms with van der Waals surface area (Å²) in [7, 11) is 0. The number of esters is 1. The van der Waals surface area contributed by atoms with Crippen molar-refractivity contribution in [1.29, 1.82) is 5.26 Å². The van der Waals surface area contributed by atoms with Crippen molar-refractivity contribution < 1.29 is 14.6 Å². The summed E-state index contributed by atoms with van der Waals surface area (Å²) < 4.78 is 7.00. The maximum Gasteiger partial charge on any atom is 0.341 e. The van der Waals surface area contributed by atoms with Crippen LogP contribution in [-0.4, -0.2) is 26.7 Å². The lowest BCUT2D eigenvalue weighted by atomic mass is 9.86. The average Bonchev–Trinajstić information content (AvgIpc) is 2.99. The molecule has 2 aromatic heterocycles. The third-order valence-corrected chi connectivity index (χ3v) is 3.31. The Bertz CT molecular complexity index is 687. The molecule has 0 amide bonds. The Hall–Kier alpha value is -2.65. The van der Waals surface area contributed by atoms with Crippen LogP contribution in [0.1, 0.15) is 19.5 Å². The molecule has 0 bridgehead atoms. The van der Waals surface area contributed by atoms with Gasteiger partial charge in [0.05, 0.1) is 0 Å². The van der Waals surface area contributed by atoms with E-state index >= 15 is 0 Å². The Balaban J connectivity index is 2.10. The lowest BCUT2D eigenvalue weighted by Crippen LogP contribution is -2.41. The van der Waals surface area contributed by atoms with Gasteiger partial charge in [-0.15, -0.1) is 0 Å². The zero-order valence-electron chi connectivity index (χ0n) is 12.4. The molecule has 1 N–H and O–H groups in total. The molecule has 22 heavy (non-hydrogen) atoms. The smallest absolute Gasteiger partial charge is 0.341 e. The molecular weight excluding hydrogens is 282 g/mol. The fourth-order valence-corrected chi connectivity index (χ4v) is 2.07. The van der Waals surface area contributed by atoms with Crippen LogP contribution in [-0.2, 0) is 11.3 Å². The molecule has 0 aromatic carbocycles. The van der Waals surface area contributed by atoms with Gasteiger partial charge in [-0.05, 0) is 24.3 Å². The highest BCUT2D eigenvalue weighted by molar-refractivity contribution is 5.78. The summed E-state index contributed by atoms with van der Waals surface area (Å²) in [5, 5.41) is 19.2. The maximum absolute atomic E-state index is 12.1. The van der Waals surface area contributed by atoms with Crippen LogP contribution in [0, 0.1) is 16.7 Å². The minimum atomic E-state index is -1.33. The third kappa shape index (κ3) is 3.51. The first kappa shape index (κ1) is 15.7. The molecule has 2 aromatic rings. The molecule has 0 spiro atoms. The van der Waals surface area contributed by atoms with E-state index in [-0.39, 0.29) is 11.4 Å². The number of ether oxygens (including phenoxy) is 1. The van der Waals surface area contributed by atoms with Crippen LogP contribution in [0.4, 0.5) is 0 Å². The van der Waals surface area contributed by atoms with E-state index in [0.29, 0.717) is 6.54 Å². The lowest BCUT2D eigenvalue weighted by Gasteiger charge is -2.29. The number of carbonyl (C=O) groups is 1. The molecule has 1 unspecified atom stereocenters. The number of aliphatic hydroxyl groups excluding tert-OH is 1. The molecule has 0 aliphatic carbocycles. The maximum atomic E-state index is 12.1. The molecule has 2 heterocycles. The molecule has 0 saturated heterocycles. The number of carbonyl (C=O) groups excluding carboxylic acids is 1. The van der Waals surface area contributed by atoms with Gasteiger partial charge in [-0.25, -0.2) is 9.78 Å². The molecule has 2 rings (SSSR count). The molecule has 6 heteroatoms. The number of hydrogen-bond acceptors (Lipinski definition) is 5. The Morgan fingerprint density at radius 1 is 1.45 bits per heavy atom. The number of nitriles is 1. The van der Waals surface area contributed by atoms with Gasteiger partial charge in [0.1, 0.15) is 6.07 Å². The van der Waals surface area contributed by atoms with Crippen LogP contribution in [0.15, 0.2) is 42.9 Å². The van der Waals surface area contributed by atoms with Crippen LogP contribution < -0.4 is 4.74 Å². The predicted molar refractivity (Wildman–Crippen MR) is 78.8 cm³/mol. The van der Waals surface area contributed by atoms with Crippen LogP contribution in [0.5, 0.6) is 5.75 Å². The number of rotatable bonds is 5. The quantitative estimate of drug-likeness (QED) is 0.850. The monoisotopic (exact) mass is 299 g/mol. The highest BCUT2D eigenvalue weighted by atomic mass is 16.5. The molecule has 6 nitrogen and oxygen atoms in total. The molecule has 114 valence electrons. The summed E-state index contributed by atoms with van der Waals surface area (Å²) in [6, 6.07) is 8.61. The summed E-state index contributed by atoms with van der Waals surface area (Å²) in [5.74, 6) is -0.757. The van der Waals surface area contributed by atoms with E-state index in [0.717, 1.165) is 0 Å². The summed E-state index contributed by atoms with van der Waals surface area (Å²) >= 11 is 0. The molecule has 0 aliphatic rings. The van der Waals surface area contributed by atoms with Crippen molar-refractivity contribution in [3.8, 4) is 11.8 Å². The SMILES string of the molecule is CC(C)(Cn1cccc1)C(O)C(=O)Oc1cccnc1C#N. The number of hydrogen-bond donors (Lipinski definition) is 1. The van der Waals surface area contributed by atoms with E-state index in [1.807, 2.05) is 35.2 Å². The van der Waals surface area contributed by atoms with Gasteiger partial charge >= 0.3 is 5.97 Å². The van der Waals surface area contributed by atoms with Crippen molar-refractivity contribution >= 4 is 5.97 Å². The number of aliphatic hydroxyl groups is 1. The van der Waals surface area contributed by atoms with Gasteiger partial charge in [-0.1, -0.05) is 13.8 Å². The molecular formula is C16H17N3O3. The number of nitrogens with zero attached hydrogens (tertiary/aromatic N) is 3. The van der Waals surface area contributed by atoms with Gasteiger partial charge in [-0.2, -0.15) is 5.26 Å². The van der Waals surface area contributed by atoms with E-state index in [9.17, 15) is 9.90 Å². The first-order chi connectivity index (χ1) is 10.4. The van der Waals surface area contributed by atoms with Crippen molar-refractivity contribution in [3.63, 3.8) is 0 Å². The van der Waals surface area contributed by atoms with E-state index in [2.05, 4.69) is 4.98 Å². The van der Waals surface area contributed by atoms with E-state index in [1.54, 1.807) is 19.9 Å². The van der Waals surface area contributed by atoms with Gasteiger partial charge < -0.3 is 14.4 Å². The van der Waals surface area contributed by atoms with E-state index < -0.39 is 17.5 Å². The number of pyridine rings is 1. The zero-order chi connectivity index (χ0) is 16.2. The molecule has 0 radical (unpaired) electrons. The van der Waals surface area contributed by atoms with Crippen molar-refractivity contribution in [2.45, 2.75) is 26.5 Å². The van der Waals surface area contributed by atoms with Gasteiger partial charge in [0.2, 0.25) is 0 Å². The summed E-state index contributed by atoms with van der Waals surface area (Å²) in [4.78, 5) is 15.9. The van der Waals surface area contributed by atoms with Crippen molar-refractivity contribution in [2.75, 3.05) is 0 Å². The first-order valence-corrected chi connectivity index (χ1v) is 6.79. The van der Waals surface area contributed by atoms with Crippen molar-refractivity contribution in [3.05, 3.63) is 48.5 Å². The number of aromatic nitrogens is 2. The van der Waals surface area contributed by atoms with E-state index in [4.69, 9.17) is 10.00 Å². The largest absolute Gasteiger partial charge is 0.421 e. The van der Waals surface area contributed by atoms with Gasteiger partial charge in [0, 0.05) is 30.6 Å². The Labute approximate surface area is 128 Å². The Morgan fingerprint density at radius 2 is 2.14 bits per heavy atom. The van der Waals surface area contributed by atoms with E-state index in [1.165, 1.54) is 12.3 Å². The third-order valence-electron chi connectivity index (χ3n) is 3.31. The molecule has 0 saturated carbocycles. The minimum absolute atomic E-state index is 0.00580. The summed E-state index contributed by atoms with van der Waals surface area (Å²) in [5.41, 5.74) is -0.725. The van der Waals surface area contributed by atoms with Gasteiger partial charge in [0.25, 0.3) is 0 Å². The second-order valence-electron chi connectivity index (χ2n) is 5.63. The Morgan fingerprint density at radius 3 is 2.77 bits per heavy atom. The van der Waals surface area contributed by atoms with Crippen LogP contribution in [0.3, 0.4) is 0 Å². The molecule has 0 aliphatic heterocycles. The fraction of sp³-hybridized carbons (Fsp3) is 0.312. The average molecular weight is 299 g/mol. The van der Waals surface area contributed by atoms with Gasteiger partial charge in [0.15, 0.2) is 17.5 Å². The van der Waals surface area contributed by atoms with Crippen LogP contribution >= 0.6 is 0 Å². The highest BCUT2D eigenvalue weighted by Crippen LogP contribution is 2.25. The predicted octanol–water partition coefficient (Wildman–Crippen LogP) is 1.75. The zero-order valence-corrected chi connectivity index (χ0v) is 12.4. The topological polar surface area (TPSA) is 88.1 Å². The first-order valence-electron chi connectivity index (χ1n) is 6.79. The lowest BCUT2D eigenvalue weighted by molar-refractivity contribution is -0.150. The fourth-order valence-electron chi connectivity index (χ4n) is 2.07. The van der Waals surface area contributed by atoms with Crippen LogP contribution in [0.25, 0.3) is 0 Å². The van der Waals surface area contributed by atoms with Gasteiger partial charge in [-0.3, -0.25) is 0 Å². The second kappa shape index (κ2) is 6.41. The molecule has 1 atom stereocenters. The molecule has 0 fully saturated rings. The highest BCUT2D eigenvalue weighted by Gasteiger charge is 2.35. The Kier molecular flexibility index (Phi) is 4.59. The standard InChI is InChI=1S/C16H17N3O3/c1-16(2,11-19-8-3-4-9-19)14(20)15(21)22-13-6-5-7-18-12(13)10-17/h3-9,14,20H,11H2,1-2H3. The van der Waals surface area contributed by atoms with Crippen LogP contribution in [0.2, 0.25) is 0 Å². The summed E-state index contributed by atoms with van der Waals surface area (Å²) in [6.07, 6.45) is 3.81. The summed E-state index contributed by atoms with van der Waals surface area (Å²) in [6.45, 7) is 4.00. The van der Waals surface area contributed by atoms with Crippen molar-refractivity contribution in [2.24, 2.45) is 5.41 Å². The minimum Gasteiger partial charge on any atom is -0.421 e. The normalized spacial score (nSPS) is 12.5. The van der Waals surface area contributed by atoms with Crippen molar-refractivity contribution in [1.82, 2.24) is 9.55 Å². The second-order valence-corrected chi connectivity index (χ2v) is 5.63.